The van der Waals surface area contributed by atoms with Crippen molar-refractivity contribution >= 4 is 11.6 Å². The molecule has 0 amide bonds. The van der Waals surface area contributed by atoms with Crippen molar-refractivity contribution in [3.8, 4) is 0 Å². The average Bonchev–Trinajstić information content (AvgIpc) is 2.39. The van der Waals surface area contributed by atoms with Gasteiger partial charge in [-0.3, -0.25) is 9.88 Å². The summed E-state index contributed by atoms with van der Waals surface area (Å²) in [6.07, 6.45) is 1.84. The van der Waals surface area contributed by atoms with Gasteiger partial charge < -0.3 is 5.73 Å². The zero-order chi connectivity index (χ0) is 13.7. The van der Waals surface area contributed by atoms with Crippen LogP contribution in [0, 0.1) is 0 Å². The van der Waals surface area contributed by atoms with Crippen LogP contribution >= 0.6 is 11.6 Å². The Morgan fingerprint density at radius 1 is 1.16 bits per heavy atom. The van der Waals surface area contributed by atoms with Gasteiger partial charge in [-0.25, -0.2) is 0 Å². The zero-order valence-corrected chi connectivity index (χ0v) is 11.8. The molecule has 0 saturated carbocycles. The largest absolute Gasteiger partial charge is 0.326 e. The summed E-state index contributed by atoms with van der Waals surface area (Å²) in [5.74, 6) is 0. The smallest absolute Gasteiger partial charge is 0.0544 e. The summed E-state index contributed by atoms with van der Waals surface area (Å²) in [7, 11) is 2.07. The molecule has 1 aromatic carbocycles. The standard InChI is InChI=1S/C15H18ClN3/c1-19(10-12-3-2-4-14(16)7-12)11-15-6-5-13(8-17)9-18-15/h2-7,9H,8,10-11,17H2,1H3. The third-order valence-corrected chi connectivity index (χ3v) is 3.13. The molecule has 0 spiro atoms. The van der Waals surface area contributed by atoms with Crippen molar-refractivity contribution in [2.45, 2.75) is 19.6 Å². The van der Waals surface area contributed by atoms with Crippen LogP contribution in [0.4, 0.5) is 0 Å². The summed E-state index contributed by atoms with van der Waals surface area (Å²) in [6, 6.07) is 12.0. The Bertz CT molecular complexity index is 525. The Morgan fingerprint density at radius 3 is 2.63 bits per heavy atom. The highest BCUT2D eigenvalue weighted by molar-refractivity contribution is 6.30. The third kappa shape index (κ3) is 4.31. The van der Waals surface area contributed by atoms with Gasteiger partial charge in [0.15, 0.2) is 0 Å². The molecule has 19 heavy (non-hydrogen) atoms. The first-order valence-electron chi connectivity index (χ1n) is 6.24. The van der Waals surface area contributed by atoms with Gasteiger partial charge >= 0.3 is 0 Å². The molecule has 0 fully saturated rings. The molecule has 100 valence electrons. The van der Waals surface area contributed by atoms with E-state index in [9.17, 15) is 0 Å². The summed E-state index contributed by atoms with van der Waals surface area (Å²) < 4.78 is 0. The Labute approximate surface area is 119 Å². The summed E-state index contributed by atoms with van der Waals surface area (Å²) in [5, 5.41) is 0.774. The lowest BCUT2D eigenvalue weighted by molar-refractivity contribution is 0.315. The van der Waals surface area contributed by atoms with E-state index in [4.69, 9.17) is 17.3 Å². The highest BCUT2D eigenvalue weighted by Crippen LogP contribution is 2.13. The monoisotopic (exact) mass is 275 g/mol. The highest BCUT2D eigenvalue weighted by atomic mass is 35.5. The molecule has 0 aliphatic carbocycles. The number of hydrogen-bond donors (Lipinski definition) is 1. The molecule has 2 rings (SSSR count). The predicted molar refractivity (Wildman–Crippen MR) is 78.8 cm³/mol. The van der Waals surface area contributed by atoms with Crippen LogP contribution in [0.25, 0.3) is 0 Å². The van der Waals surface area contributed by atoms with Crippen LogP contribution in [0.15, 0.2) is 42.6 Å². The fraction of sp³-hybridized carbons (Fsp3) is 0.267. The Hall–Kier alpha value is -1.42. The van der Waals surface area contributed by atoms with E-state index in [1.54, 1.807) is 0 Å². The van der Waals surface area contributed by atoms with Crippen LogP contribution in [0.3, 0.4) is 0 Å². The van der Waals surface area contributed by atoms with E-state index in [-0.39, 0.29) is 0 Å². The van der Waals surface area contributed by atoms with E-state index < -0.39 is 0 Å². The van der Waals surface area contributed by atoms with Crippen molar-refractivity contribution in [3.05, 3.63) is 64.4 Å². The van der Waals surface area contributed by atoms with E-state index in [0.717, 1.165) is 29.4 Å². The lowest BCUT2D eigenvalue weighted by atomic mass is 10.2. The number of pyridine rings is 1. The van der Waals surface area contributed by atoms with Gasteiger partial charge in [0.1, 0.15) is 0 Å². The minimum atomic E-state index is 0.533. The Balaban J connectivity index is 1.95. The molecule has 2 N–H and O–H groups in total. The lowest BCUT2D eigenvalue weighted by Crippen LogP contribution is -2.18. The second-order valence-corrected chi connectivity index (χ2v) is 5.10. The molecular weight excluding hydrogens is 258 g/mol. The van der Waals surface area contributed by atoms with E-state index in [2.05, 4.69) is 23.0 Å². The number of hydrogen-bond acceptors (Lipinski definition) is 3. The molecular formula is C15H18ClN3. The van der Waals surface area contributed by atoms with Gasteiger partial charge in [0.05, 0.1) is 5.69 Å². The minimum absolute atomic E-state index is 0.533. The molecule has 2 aromatic rings. The first-order chi connectivity index (χ1) is 9.17. The number of benzene rings is 1. The van der Waals surface area contributed by atoms with Crippen molar-refractivity contribution in [1.29, 1.82) is 0 Å². The third-order valence-electron chi connectivity index (χ3n) is 2.90. The second kappa shape index (κ2) is 6.66. The van der Waals surface area contributed by atoms with Crippen LogP contribution in [0.5, 0.6) is 0 Å². The normalized spacial score (nSPS) is 10.9. The topological polar surface area (TPSA) is 42.1 Å². The number of nitrogens with zero attached hydrogens (tertiary/aromatic N) is 2. The van der Waals surface area contributed by atoms with Crippen molar-refractivity contribution in [3.63, 3.8) is 0 Å². The lowest BCUT2D eigenvalue weighted by Gasteiger charge is -2.16. The van der Waals surface area contributed by atoms with Crippen LogP contribution < -0.4 is 5.73 Å². The molecule has 4 heteroatoms. The van der Waals surface area contributed by atoms with Gasteiger partial charge in [0, 0.05) is 30.9 Å². The van der Waals surface area contributed by atoms with E-state index in [1.807, 2.05) is 36.5 Å². The Morgan fingerprint density at radius 2 is 2.00 bits per heavy atom. The fourth-order valence-corrected chi connectivity index (χ4v) is 2.16. The maximum absolute atomic E-state index is 5.98. The molecule has 0 unspecified atom stereocenters. The summed E-state index contributed by atoms with van der Waals surface area (Å²) in [4.78, 5) is 6.61. The van der Waals surface area contributed by atoms with Crippen LogP contribution in [0.2, 0.25) is 5.02 Å². The molecule has 0 saturated heterocycles. The average molecular weight is 276 g/mol. The van der Waals surface area contributed by atoms with Crippen molar-refractivity contribution in [2.75, 3.05) is 7.05 Å². The molecule has 1 heterocycles. The van der Waals surface area contributed by atoms with Gasteiger partial charge in [-0.15, -0.1) is 0 Å². The zero-order valence-electron chi connectivity index (χ0n) is 11.0. The number of rotatable bonds is 5. The molecule has 1 aromatic heterocycles. The quantitative estimate of drug-likeness (QED) is 0.912. The maximum Gasteiger partial charge on any atom is 0.0544 e. The summed E-state index contributed by atoms with van der Waals surface area (Å²) >= 11 is 5.98. The van der Waals surface area contributed by atoms with Gasteiger partial charge in [0.25, 0.3) is 0 Å². The summed E-state index contributed by atoms with van der Waals surface area (Å²) in [5.41, 5.74) is 8.86. The van der Waals surface area contributed by atoms with Gasteiger partial charge in [-0.1, -0.05) is 29.8 Å². The van der Waals surface area contributed by atoms with Gasteiger partial charge in [-0.2, -0.15) is 0 Å². The van der Waals surface area contributed by atoms with Gasteiger partial charge in [-0.05, 0) is 36.4 Å². The van der Waals surface area contributed by atoms with Crippen molar-refractivity contribution in [1.82, 2.24) is 9.88 Å². The SMILES string of the molecule is CN(Cc1cccc(Cl)c1)Cc1ccc(CN)cn1. The van der Waals surface area contributed by atoms with Crippen molar-refractivity contribution < 1.29 is 0 Å². The molecule has 0 bridgehead atoms. The fourth-order valence-electron chi connectivity index (χ4n) is 1.95. The van der Waals surface area contributed by atoms with E-state index in [1.165, 1.54) is 5.56 Å². The van der Waals surface area contributed by atoms with E-state index in [0.29, 0.717) is 6.54 Å². The number of aromatic nitrogens is 1. The maximum atomic E-state index is 5.98. The van der Waals surface area contributed by atoms with E-state index >= 15 is 0 Å². The van der Waals surface area contributed by atoms with Gasteiger partial charge in [0.2, 0.25) is 0 Å². The highest BCUT2D eigenvalue weighted by Gasteiger charge is 2.03. The summed E-state index contributed by atoms with van der Waals surface area (Å²) in [6.45, 7) is 2.18. The Kier molecular flexibility index (Phi) is 4.91. The second-order valence-electron chi connectivity index (χ2n) is 4.66. The van der Waals surface area contributed by atoms with Crippen LogP contribution in [-0.4, -0.2) is 16.9 Å². The molecule has 0 atom stereocenters. The number of halogens is 1. The predicted octanol–water partition coefficient (Wildman–Crippen LogP) is 2.83. The molecule has 0 aliphatic heterocycles. The first kappa shape index (κ1) is 14.0. The molecule has 0 radical (unpaired) electrons. The molecule has 3 nitrogen and oxygen atoms in total. The number of nitrogens with two attached hydrogens (primary N) is 1. The first-order valence-corrected chi connectivity index (χ1v) is 6.62. The van der Waals surface area contributed by atoms with Crippen molar-refractivity contribution in [2.24, 2.45) is 5.73 Å². The molecule has 0 aliphatic rings. The van der Waals surface area contributed by atoms with Crippen LogP contribution in [-0.2, 0) is 19.6 Å². The van der Waals surface area contributed by atoms with Crippen LogP contribution in [0.1, 0.15) is 16.8 Å². The minimum Gasteiger partial charge on any atom is -0.326 e.